The molecule has 26 heavy (non-hydrogen) atoms. The third-order valence-corrected chi connectivity index (χ3v) is 4.01. The van der Waals surface area contributed by atoms with Crippen molar-refractivity contribution in [2.75, 3.05) is 5.43 Å². The van der Waals surface area contributed by atoms with Gasteiger partial charge in [0.15, 0.2) is 0 Å². The van der Waals surface area contributed by atoms with Crippen molar-refractivity contribution in [1.29, 1.82) is 0 Å². The molecule has 5 nitrogen and oxygen atoms in total. The topological polar surface area (TPSA) is 59.8 Å². The Morgan fingerprint density at radius 2 is 1.27 bits per heavy atom. The number of hydrogen-bond acceptors (Lipinski definition) is 3. The molecule has 1 amide bonds. The van der Waals surface area contributed by atoms with Crippen molar-refractivity contribution in [1.82, 2.24) is 15.1 Å². The maximum absolute atomic E-state index is 12.5. The van der Waals surface area contributed by atoms with Crippen LogP contribution >= 0.6 is 0 Å². The molecule has 4 aromatic rings. The molecule has 0 fully saturated rings. The lowest BCUT2D eigenvalue weighted by atomic mass is 10.1. The van der Waals surface area contributed by atoms with Gasteiger partial charge < -0.3 is 0 Å². The molecule has 0 aliphatic heterocycles. The minimum atomic E-state index is -0.243. The van der Waals surface area contributed by atoms with Crippen molar-refractivity contribution >= 4 is 5.91 Å². The first-order chi connectivity index (χ1) is 12.8. The molecule has 0 aliphatic rings. The molecule has 0 spiro atoms. The molecule has 0 radical (unpaired) electrons. The summed E-state index contributed by atoms with van der Waals surface area (Å²) in [6, 6.07) is 28.6. The number of nitrogens with zero attached hydrogens (tertiary/aromatic N) is 3. The van der Waals surface area contributed by atoms with Crippen LogP contribution in [-0.4, -0.2) is 21.0 Å². The lowest BCUT2D eigenvalue weighted by molar-refractivity contribution is 0.100. The first kappa shape index (κ1) is 15.8. The van der Waals surface area contributed by atoms with Gasteiger partial charge in [-0.15, -0.1) is 5.10 Å². The number of nitrogens with one attached hydrogen (secondary N) is 1. The van der Waals surface area contributed by atoms with Gasteiger partial charge in [-0.25, -0.2) is 5.43 Å². The molecule has 5 heteroatoms. The molecular formula is C21H16N4O. The number of carbonyl (C=O) groups is 1. The Morgan fingerprint density at radius 1 is 0.731 bits per heavy atom. The number of benzene rings is 3. The van der Waals surface area contributed by atoms with Gasteiger partial charge in [0.05, 0.1) is 0 Å². The van der Waals surface area contributed by atoms with Crippen LogP contribution in [0.25, 0.3) is 22.5 Å². The summed E-state index contributed by atoms with van der Waals surface area (Å²) in [4.78, 5) is 14.0. The van der Waals surface area contributed by atoms with E-state index in [1.165, 1.54) is 4.79 Å². The van der Waals surface area contributed by atoms with E-state index in [9.17, 15) is 4.79 Å². The summed E-state index contributed by atoms with van der Waals surface area (Å²) in [5.74, 6) is -0.243. The lowest BCUT2D eigenvalue weighted by Gasteiger charge is -2.10. The van der Waals surface area contributed by atoms with Crippen molar-refractivity contribution in [3.63, 3.8) is 0 Å². The summed E-state index contributed by atoms with van der Waals surface area (Å²) < 4.78 is 0. The fraction of sp³-hybridized carbons (Fsp3) is 0. The Hall–Kier alpha value is -3.73. The minimum Gasteiger partial charge on any atom is -0.267 e. The summed E-state index contributed by atoms with van der Waals surface area (Å²) >= 11 is 0. The molecule has 0 unspecified atom stereocenters. The zero-order valence-corrected chi connectivity index (χ0v) is 13.9. The summed E-state index contributed by atoms with van der Waals surface area (Å²) in [6.45, 7) is 0. The first-order valence-corrected chi connectivity index (χ1v) is 8.26. The Bertz CT molecular complexity index is 1010. The van der Waals surface area contributed by atoms with E-state index >= 15 is 0 Å². The Labute approximate surface area is 150 Å². The number of rotatable bonds is 4. The fourth-order valence-electron chi connectivity index (χ4n) is 2.76. The Kier molecular flexibility index (Phi) is 4.26. The average Bonchev–Trinajstić information content (AvgIpc) is 3.13. The second kappa shape index (κ2) is 7.03. The van der Waals surface area contributed by atoms with Crippen LogP contribution in [0.1, 0.15) is 10.4 Å². The molecule has 1 N–H and O–H groups in total. The molecular weight excluding hydrogens is 324 g/mol. The zero-order chi connectivity index (χ0) is 17.8. The van der Waals surface area contributed by atoms with Crippen molar-refractivity contribution in [3.8, 4) is 22.5 Å². The summed E-state index contributed by atoms with van der Waals surface area (Å²) in [5.41, 5.74) is 6.69. The number of carbonyl (C=O) groups excluding carboxylic acids is 1. The lowest BCUT2D eigenvalue weighted by Crippen LogP contribution is -2.24. The molecule has 0 atom stereocenters. The Morgan fingerprint density at radius 3 is 1.88 bits per heavy atom. The molecule has 1 heterocycles. The van der Waals surface area contributed by atoms with E-state index in [0.29, 0.717) is 11.3 Å². The van der Waals surface area contributed by atoms with E-state index in [-0.39, 0.29) is 5.91 Å². The van der Waals surface area contributed by atoms with Crippen LogP contribution in [-0.2, 0) is 0 Å². The van der Waals surface area contributed by atoms with Gasteiger partial charge in [0.2, 0.25) is 0 Å². The highest BCUT2D eigenvalue weighted by Crippen LogP contribution is 2.29. The van der Waals surface area contributed by atoms with Gasteiger partial charge in [-0.1, -0.05) is 78.9 Å². The van der Waals surface area contributed by atoms with Crippen LogP contribution in [0.4, 0.5) is 0 Å². The van der Waals surface area contributed by atoms with Gasteiger partial charge in [0.1, 0.15) is 11.4 Å². The van der Waals surface area contributed by atoms with Gasteiger partial charge in [-0.05, 0) is 17.3 Å². The second-order valence-electron chi connectivity index (χ2n) is 5.74. The summed E-state index contributed by atoms with van der Waals surface area (Å²) in [6.07, 6.45) is 0. The van der Waals surface area contributed by atoms with Crippen LogP contribution in [0.3, 0.4) is 0 Å². The molecule has 0 saturated heterocycles. The summed E-state index contributed by atoms with van der Waals surface area (Å²) in [5, 5.41) is 8.48. The van der Waals surface area contributed by atoms with Gasteiger partial charge in [0.25, 0.3) is 5.91 Å². The molecule has 1 aromatic heterocycles. The van der Waals surface area contributed by atoms with E-state index in [0.717, 1.165) is 16.8 Å². The molecule has 4 rings (SSSR count). The van der Waals surface area contributed by atoms with Gasteiger partial charge >= 0.3 is 0 Å². The predicted octanol–water partition coefficient (Wildman–Crippen LogP) is 4.00. The van der Waals surface area contributed by atoms with Crippen molar-refractivity contribution in [3.05, 3.63) is 96.6 Å². The van der Waals surface area contributed by atoms with Gasteiger partial charge in [-0.2, -0.15) is 4.79 Å². The molecule has 126 valence electrons. The monoisotopic (exact) mass is 340 g/mol. The van der Waals surface area contributed by atoms with E-state index in [4.69, 9.17) is 0 Å². The number of hydrogen-bond donors (Lipinski definition) is 1. The van der Waals surface area contributed by atoms with Crippen LogP contribution in [0.2, 0.25) is 0 Å². The molecule has 0 bridgehead atoms. The van der Waals surface area contributed by atoms with Gasteiger partial charge in [-0.3, -0.25) is 4.79 Å². The van der Waals surface area contributed by atoms with Crippen LogP contribution < -0.4 is 5.43 Å². The van der Waals surface area contributed by atoms with Crippen LogP contribution in [0.15, 0.2) is 91.0 Å². The quantitative estimate of drug-likeness (QED) is 0.611. The number of aromatic nitrogens is 3. The van der Waals surface area contributed by atoms with E-state index in [1.54, 1.807) is 12.1 Å². The van der Waals surface area contributed by atoms with Crippen LogP contribution in [0.5, 0.6) is 0 Å². The van der Waals surface area contributed by atoms with Crippen molar-refractivity contribution in [2.24, 2.45) is 0 Å². The third-order valence-electron chi connectivity index (χ3n) is 4.01. The fourth-order valence-corrected chi connectivity index (χ4v) is 2.76. The standard InChI is InChI=1S/C21H16N4O/c26-21(18-14-8-3-9-15-18)23-25-20(17-12-6-2-7-13-17)19(22-24-25)16-10-4-1-5-11-16/h1-15H,(H,23,26). The van der Waals surface area contributed by atoms with E-state index in [1.807, 2.05) is 78.9 Å². The van der Waals surface area contributed by atoms with Gasteiger partial charge in [0, 0.05) is 16.7 Å². The third kappa shape index (κ3) is 3.10. The maximum Gasteiger partial charge on any atom is 0.271 e. The average molecular weight is 340 g/mol. The first-order valence-electron chi connectivity index (χ1n) is 8.26. The van der Waals surface area contributed by atoms with Crippen LogP contribution in [0, 0.1) is 0 Å². The normalized spacial score (nSPS) is 10.5. The molecule has 3 aromatic carbocycles. The zero-order valence-electron chi connectivity index (χ0n) is 13.9. The number of amides is 1. The SMILES string of the molecule is O=C(Nn1nnc(-c2ccccc2)c1-c1ccccc1)c1ccccc1. The highest BCUT2D eigenvalue weighted by atomic mass is 16.2. The Balaban J connectivity index is 1.78. The predicted molar refractivity (Wildman–Crippen MR) is 101 cm³/mol. The van der Waals surface area contributed by atoms with Crippen molar-refractivity contribution < 1.29 is 4.79 Å². The molecule has 0 saturated carbocycles. The summed E-state index contributed by atoms with van der Waals surface area (Å²) in [7, 11) is 0. The van der Waals surface area contributed by atoms with E-state index in [2.05, 4.69) is 15.7 Å². The van der Waals surface area contributed by atoms with Crippen molar-refractivity contribution in [2.45, 2.75) is 0 Å². The largest absolute Gasteiger partial charge is 0.271 e. The smallest absolute Gasteiger partial charge is 0.267 e. The molecule has 0 aliphatic carbocycles. The highest BCUT2D eigenvalue weighted by Gasteiger charge is 2.18. The van der Waals surface area contributed by atoms with E-state index < -0.39 is 0 Å². The second-order valence-corrected chi connectivity index (χ2v) is 5.74. The minimum absolute atomic E-state index is 0.243. The maximum atomic E-state index is 12.5. The highest BCUT2D eigenvalue weighted by molar-refractivity contribution is 6.00.